The summed E-state index contributed by atoms with van der Waals surface area (Å²) >= 11 is 0. The summed E-state index contributed by atoms with van der Waals surface area (Å²) in [6.07, 6.45) is 2.31. The molecule has 0 radical (unpaired) electrons. The summed E-state index contributed by atoms with van der Waals surface area (Å²) in [5.41, 5.74) is 0.911. The molecule has 0 saturated carbocycles. The van der Waals surface area contributed by atoms with Crippen LogP contribution >= 0.6 is 0 Å². The second kappa shape index (κ2) is 8.25. The van der Waals surface area contributed by atoms with Crippen molar-refractivity contribution in [3.05, 3.63) is 42.0 Å². The van der Waals surface area contributed by atoms with Crippen LogP contribution in [0, 0.1) is 5.92 Å². The highest BCUT2D eigenvalue weighted by Crippen LogP contribution is 2.11. The maximum atomic E-state index is 11.7. The monoisotopic (exact) mass is 290 g/mol. The summed E-state index contributed by atoms with van der Waals surface area (Å²) in [5, 5.41) is 0. The van der Waals surface area contributed by atoms with Crippen LogP contribution in [-0.4, -0.2) is 24.1 Å². The highest BCUT2D eigenvalue weighted by atomic mass is 16.6. The molecular weight excluding hydrogens is 268 g/mol. The molecule has 1 rings (SSSR count). The van der Waals surface area contributed by atoms with E-state index in [0.29, 0.717) is 0 Å². The van der Waals surface area contributed by atoms with Gasteiger partial charge >= 0.3 is 11.9 Å². The number of esters is 2. The number of carbonyl (C=O) groups is 2. The lowest BCUT2D eigenvalue weighted by Gasteiger charge is -2.19. The molecule has 0 aromatic heterocycles. The second-order valence-electron chi connectivity index (χ2n) is 5.16. The fraction of sp³-hybridized carbons (Fsp3) is 0.412. The molecule has 1 aromatic rings. The van der Waals surface area contributed by atoms with Gasteiger partial charge in [-0.05, 0) is 39.3 Å². The largest absolute Gasteiger partial charge is 0.463 e. The quantitative estimate of drug-likeness (QED) is 0.596. The van der Waals surface area contributed by atoms with E-state index >= 15 is 0 Å². The summed E-state index contributed by atoms with van der Waals surface area (Å²) in [4.78, 5) is 23.4. The van der Waals surface area contributed by atoms with Crippen LogP contribution in [-0.2, 0) is 19.1 Å². The minimum atomic E-state index is -0.538. The van der Waals surface area contributed by atoms with Gasteiger partial charge in [-0.1, -0.05) is 30.3 Å². The number of rotatable bonds is 6. The van der Waals surface area contributed by atoms with Crippen molar-refractivity contribution in [3.63, 3.8) is 0 Å². The first-order valence-corrected chi connectivity index (χ1v) is 7.04. The van der Waals surface area contributed by atoms with E-state index in [4.69, 9.17) is 9.47 Å². The van der Waals surface area contributed by atoms with Gasteiger partial charge in [-0.2, -0.15) is 0 Å². The van der Waals surface area contributed by atoms with Crippen LogP contribution in [0.25, 0.3) is 6.08 Å². The van der Waals surface area contributed by atoms with Crippen LogP contribution in [0.4, 0.5) is 0 Å². The van der Waals surface area contributed by atoms with Crippen molar-refractivity contribution in [1.29, 1.82) is 0 Å². The van der Waals surface area contributed by atoms with Crippen molar-refractivity contribution in [3.8, 4) is 0 Å². The summed E-state index contributed by atoms with van der Waals surface area (Å²) in [6, 6.07) is 9.45. The van der Waals surface area contributed by atoms with Gasteiger partial charge in [-0.25, -0.2) is 4.79 Å². The van der Waals surface area contributed by atoms with Gasteiger partial charge in [-0.15, -0.1) is 0 Å². The number of hydrogen-bond donors (Lipinski definition) is 0. The van der Waals surface area contributed by atoms with Crippen LogP contribution in [0.15, 0.2) is 36.4 Å². The average molecular weight is 290 g/mol. The van der Waals surface area contributed by atoms with Crippen LogP contribution in [0.5, 0.6) is 0 Å². The number of hydrogen-bond acceptors (Lipinski definition) is 4. The highest BCUT2D eigenvalue weighted by molar-refractivity contribution is 5.87. The Morgan fingerprint density at radius 1 is 1.00 bits per heavy atom. The van der Waals surface area contributed by atoms with Crippen LogP contribution in [0.3, 0.4) is 0 Å². The Labute approximate surface area is 125 Å². The summed E-state index contributed by atoms with van der Waals surface area (Å²) in [5.74, 6) is -1.34. The third-order valence-corrected chi connectivity index (χ3v) is 2.94. The smallest absolute Gasteiger partial charge is 0.331 e. The summed E-state index contributed by atoms with van der Waals surface area (Å²) in [7, 11) is 0. The minimum absolute atomic E-state index is 0.180. The van der Waals surface area contributed by atoms with E-state index in [1.54, 1.807) is 33.8 Å². The molecular formula is C17H22O4. The molecule has 0 saturated heterocycles. The van der Waals surface area contributed by atoms with Gasteiger partial charge in [0.25, 0.3) is 0 Å². The lowest BCUT2D eigenvalue weighted by molar-refractivity contribution is -0.160. The number of carbonyl (C=O) groups excluding carboxylic acids is 2. The van der Waals surface area contributed by atoms with Gasteiger partial charge in [0.1, 0.15) is 6.10 Å². The first-order valence-electron chi connectivity index (χ1n) is 7.04. The Kier molecular flexibility index (Phi) is 6.66. The van der Waals surface area contributed by atoms with Gasteiger partial charge in [0.15, 0.2) is 0 Å². The predicted octanol–water partition coefficient (Wildman–Crippen LogP) is 3.22. The lowest BCUT2D eigenvalue weighted by atomic mass is 10.1. The molecule has 0 aliphatic carbocycles. The van der Waals surface area contributed by atoms with Gasteiger partial charge in [0.05, 0.1) is 12.0 Å². The first kappa shape index (κ1) is 17.0. The van der Waals surface area contributed by atoms with Crippen molar-refractivity contribution in [2.75, 3.05) is 0 Å². The average Bonchev–Trinajstić information content (AvgIpc) is 2.44. The molecule has 4 nitrogen and oxygen atoms in total. The molecule has 2 unspecified atom stereocenters. The van der Waals surface area contributed by atoms with E-state index < -0.39 is 18.0 Å². The summed E-state index contributed by atoms with van der Waals surface area (Å²) in [6.45, 7) is 6.93. The lowest BCUT2D eigenvalue weighted by Crippen LogP contribution is -2.30. The van der Waals surface area contributed by atoms with Gasteiger partial charge in [-0.3, -0.25) is 4.79 Å². The third-order valence-electron chi connectivity index (χ3n) is 2.94. The Bertz CT molecular complexity index is 491. The normalized spacial score (nSPS) is 14.0. The van der Waals surface area contributed by atoms with Crippen molar-refractivity contribution in [2.45, 2.75) is 39.9 Å². The van der Waals surface area contributed by atoms with Crippen molar-refractivity contribution in [2.24, 2.45) is 5.92 Å². The van der Waals surface area contributed by atoms with E-state index in [9.17, 15) is 9.59 Å². The van der Waals surface area contributed by atoms with E-state index in [2.05, 4.69) is 0 Å². The zero-order chi connectivity index (χ0) is 15.8. The second-order valence-corrected chi connectivity index (χ2v) is 5.16. The fourth-order valence-electron chi connectivity index (χ4n) is 1.58. The zero-order valence-corrected chi connectivity index (χ0v) is 12.9. The Balaban J connectivity index is 2.50. The van der Waals surface area contributed by atoms with Crippen LogP contribution < -0.4 is 0 Å². The topological polar surface area (TPSA) is 52.6 Å². The van der Waals surface area contributed by atoms with E-state index in [1.165, 1.54) is 6.08 Å². The maximum absolute atomic E-state index is 11.7. The molecule has 0 spiro atoms. The van der Waals surface area contributed by atoms with Gasteiger partial charge < -0.3 is 9.47 Å². The molecule has 0 aliphatic heterocycles. The van der Waals surface area contributed by atoms with Crippen molar-refractivity contribution >= 4 is 18.0 Å². The molecule has 0 amide bonds. The number of ether oxygens (including phenoxy) is 2. The highest BCUT2D eigenvalue weighted by Gasteiger charge is 2.25. The van der Waals surface area contributed by atoms with Crippen molar-refractivity contribution < 1.29 is 19.1 Å². The molecule has 0 heterocycles. The SMILES string of the molecule is CC(C)OC(=O)C(C)C(C)OC(=O)C=Cc1ccccc1. The zero-order valence-electron chi connectivity index (χ0n) is 12.9. The van der Waals surface area contributed by atoms with Crippen LogP contribution in [0.1, 0.15) is 33.3 Å². The van der Waals surface area contributed by atoms with E-state index in [0.717, 1.165) is 5.56 Å². The maximum Gasteiger partial charge on any atom is 0.331 e. The molecule has 0 N–H and O–H groups in total. The Hall–Kier alpha value is -2.10. The van der Waals surface area contributed by atoms with E-state index in [1.807, 2.05) is 30.3 Å². The van der Waals surface area contributed by atoms with Crippen LogP contribution in [0.2, 0.25) is 0 Å². The minimum Gasteiger partial charge on any atom is -0.463 e. The molecule has 0 bridgehead atoms. The first-order chi connectivity index (χ1) is 9.90. The molecule has 4 heteroatoms. The Morgan fingerprint density at radius 2 is 1.62 bits per heavy atom. The molecule has 114 valence electrons. The van der Waals surface area contributed by atoms with E-state index in [-0.39, 0.29) is 12.1 Å². The van der Waals surface area contributed by atoms with Gasteiger partial charge in [0, 0.05) is 6.08 Å². The molecule has 2 atom stereocenters. The molecule has 0 aliphatic rings. The molecule has 21 heavy (non-hydrogen) atoms. The Morgan fingerprint density at radius 3 is 2.19 bits per heavy atom. The number of benzene rings is 1. The fourth-order valence-corrected chi connectivity index (χ4v) is 1.58. The van der Waals surface area contributed by atoms with Gasteiger partial charge in [0.2, 0.25) is 0 Å². The third kappa shape index (κ3) is 6.25. The predicted molar refractivity (Wildman–Crippen MR) is 81.4 cm³/mol. The van der Waals surface area contributed by atoms with Crippen molar-refractivity contribution in [1.82, 2.24) is 0 Å². The molecule has 0 fully saturated rings. The molecule has 1 aromatic carbocycles. The summed E-state index contributed by atoms with van der Waals surface area (Å²) < 4.78 is 10.3. The standard InChI is InChI=1S/C17H22O4/c1-12(2)20-17(19)13(3)14(4)21-16(18)11-10-15-8-6-5-7-9-15/h5-14H,1-4H3.